The molecule has 1 aromatic heterocycles. The molecule has 0 saturated heterocycles. The van der Waals surface area contributed by atoms with E-state index < -0.39 is 16.1 Å². The number of anilines is 1. The van der Waals surface area contributed by atoms with Gasteiger partial charge in [-0.05, 0) is 54.1 Å². The number of rotatable bonds is 8. The Labute approximate surface area is 205 Å². The quantitative estimate of drug-likeness (QED) is 0.397. The lowest BCUT2D eigenvalue weighted by molar-refractivity contribution is 0.0942. The van der Waals surface area contributed by atoms with Crippen LogP contribution >= 0.6 is 0 Å². The molecule has 0 bridgehead atoms. The molecule has 0 aliphatic heterocycles. The van der Waals surface area contributed by atoms with Crippen LogP contribution < -0.4 is 14.4 Å². The van der Waals surface area contributed by atoms with Gasteiger partial charge in [0.05, 0.1) is 29.4 Å². The number of hydrogen-bond donors (Lipinski definition) is 1. The van der Waals surface area contributed by atoms with Crippen molar-refractivity contribution in [3.05, 3.63) is 120 Å². The number of methoxy groups -OCH3 is 1. The lowest BCUT2D eigenvalue weighted by Gasteiger charge is -2.22. The second-order valence-electron chi connectivity index (χ2n) is 7.74. The molecule has 0 aliphatic carbocycles. The number of sulfonamides is 1. The van der Waals surface area contributed by atoms with Crippen LogP contribution in [-0.2, 0) is 10.0 Å². The summed E-state index contributed by atoms with van der Waals surface area (Å²) in [6.07, 6.45) is 1.68. The van der Waals surface area contributed by atoms with Gasteiger partial charge in [-0.1, -0.05) is 48.5 Å². The summed E-state index contributed by atoms with van der Waals surface area (Å²) in [5, 5.41) is 3.01. The average Bonchev–Trinajstić information content (AvgIpc) is 2.92. The van der Waals surface area contributed by atoms with Gasteiger partial charge >= 0.3 is 0 Å². The van der Waals surface area contributed by atoms with Crippen LogP contribution in [0.5, 0.6) is 5.75 Å². The van der Waals surface area contributed by atoms with Crippen LogP contribution in [0.4, 0.5) is 5.69 Å². The van der Waals surface area contributed by atoms with Crippen LogP contribution in [0.3, 0.4) is 0 Å². The summed E-state index contributed by atoms with van der Waals surface area (Å²) < 4.78 is 32.8. The highest BCUT2D eigenvalue weighted by molar-refractivity contribution is 7.92. The fraction of sp³-hybridized carbons (Fsp3) is 0.111. The number of carbonyl (C=O) groups excluding carboxylic acids is 1. The van der Waals surface area contributed by atoms with Crippen LogP contribution in [0, 0.1) is 0 Å². The van der Waals surface area contributed by atoms with Gasteiger partial charge in [-0.2, -0.15) is 0 Å². The number of ether oxygens (including phenoxy) is 1. The van der Waals surface area contributed by atoms with Gasteiger partial charge < -0.3 is 10.1 Å². The molecule has 1 heterocycles. The number of aromatic nitrogens is 1. The first-order valence-electron chi connectivity index (χ1n) is 10.9. The number of hydrogen-bond acceptors (Lipinski definition) is 5. The summed E-state index contributed by atoms with van der Waals surface area (Å²) in [4.78, 5) is 17.5. The third-order valence-corrected chi connectivity index (χ3v) is 7.38. The number of amides is 1. The van der Waals surface area contributed by atoms with E-state index in [9.17, 15) is 13.2 Å². The van der Waals surface area contributed by atoms with Crippen molar-refractivity contribution in [1.82, 2.24) is 10.3 Å². The van der Waals surface area contributed by atoms with E-state index >= 15 is 0 Å². The molecule has 3 aromatic carbocycles. The van der Waals surface area contributed by atoms with Gasteiger partial charge in [-0.3, -0.25) is 14.1 Å². The van der Waals surface area contributed by atoms with Crippen LogP contribution in [0.2, 0.25) is 0 Å². The standard InChI is InChI=1S/C27H25N3O4S/c1-30(24-13-6-7-14-25(24)34-2)35(32,33)22-17-15-21(16-18-22)27(31)29-26(20-10-4-3-5-11-20)23-12-8-9-19-28-23/h3-19,26H,1-2H3,(H,29,31). The molecule has 0 fully saturated rings. The highest BCUT2D eigenvalue weighted by Gasteiger charge is 2.24. The van der Waals surface area contributed by atoms with Gasteiger partial charge in [0, 0.05) is 18.8 Å². The largest absolute Gasteiger partial charge is 0.495 e. The zero-order valence-electron chi connectivity index (χ0n) is 19.3. The zero-order valence-corrected chi connectivity index (χ0v) is 20.1. The fourth-order valence-electron chi connectivity index (χ4n) is 3.69. The first-order valence-corrected chi connectivity index (χ1v) is 12.3. The maximum absolute atomic E-state index is 13.2. The Bertz CT molecular complexity index is 1350. The van der Waals surface area contributed by atoms with E-state index in [0.717, 1.165) is 9.87 Å². The first kappa shape index (κ1) is 24.0. The van der Waals surface area contributed by atoms with Gasteiger partial charge in [-0.25, -0.2) is 8.42 Å². The molecule has 1 unspecified atom stereocenters. The Kier molecular flexibility index (Phi) is 7.12. The van der Waals surface area contributed by atoms with Crippen molar-refractivity contribution in [2.24, 2.45) is 0 Å². The molecule has 4 rings (SSSR count). The zero-order chi connectivity index (χ0) is 24.8. The van der Waals surface area contributed by atoms with Gasteiger partial charge in [0.1, 0.15) is 5.75 Å². The number of nitrogens with zero attached hydrogens (tertiary/aromatic N) is 2. The topological polar surface area (TPSA) is 88.6 Å². The minimum absolute atomic E-state index is 0.0618. The van der Waals surface area contributed by atoms with E-state index in [-0.39, 0.29) is 10.8 Å². The van der Waals surface area contributed by atoms with Crippen molar-refractivity contribution in [3.63, 3.8) is 0 Å². The number of carbonyl (C=O) groups is 1. The Hall–Kier alpha value is -4.17. The Morgan fingerprint density at radius 1 is 0.886 bits per heavy atom. The number of para-hydroxylation sites is 2. The SMILES string of the molecule is COc1ccccc1N(C)S(=O)(=O)c1ccc(C(=O)NC(c2ccccc2)c2ccccn2)cc1. The summed E-state index contributed by atoms with van der Waals surface area (Å²) in [5.41, 5.74) is 2.33. The monoisotopic (exact) mass is 487 g/mol. The van der Waals surface area contributed by atoms with E-state index in [1.165, 1.54) is 38.4 Å². The minimum atomic E-state index is -3.86. The number of pyridine rings is 1. The normalized spacial score (nSPS) is 11.9. The third-order valence-electron chi connectivity index (χ3n) is 5.59. The fourth-order valence-corrected chi connectivity index (χ4v) is 4.90. The molecule has 35 heavy (non-hydrogen) atoms. The average molecular weight is 488 g/mol. The van der Waals surface area contributed by atoms with Gasteiger partial charge in [0.25, 0.3) is 15.9 Å². The number of nitrogens with one attached hydrogen (secondary N) is 1. The predicted octanol–water partition coefficient (Wildman–Crippen LogP) is 4.43. The molecule has 8 heteroatoms. The molecule has 7 nitrogen and oxygen atoms in total. The Balaban J connectivity index is 1.57. The van der Waals surface area contributed by atoms with E-state index in [2.05, 4.69) is 10.3 Å². The second-order valence-corrected chi connectivity index (χ2v) is 9.71. The maximum Gasteiger partial charge on any atom is 0.264 e. The molecule has 4 aromatic rings. The van der Waals surface area contributed by atoms with Crippen molar-refractivity contribution in [3.8, 4) is 5.75 Å². The van der Waals surface area contributed by atoms with Gasteiger partial charge in [-0.15, -0.1) is 0 Å². The molecule has 0 aliphatic rings. The summed E-state index contributed by atoms with van der Waals surface area (Å²) in [7, 11) is -0.915. The lowest BCUT2D eigenvalue weighted by Crippen LogP contribution is -2.30. The van der Waals surface area contributed by atoms with Gasteiger partial charge in [0.15, 0.2) is 0 Å². The lowest BCUT2D eigenvalue weighted by atomic mass is 10.0. The molecule has 178 valence electrons. The van der Waals surface area contributed by atoms with Crippen LogP contribution in [0.1, 0.15) is 27.7 Å². The predicted molar refractivity (Wildman–Crippen MR) is 135 cm³/mol. The van der Waals surface area contributed by atoms with Crippen molar-refractivity contribution >= 4 is 21.6 Å². The maximum atomic E-state index is 13.2. The van der Waals surface area contributed by atoms with E-state index in [1.807, 2.05) is 48.5 Å². The van der Waals surface area contributed by atoms with Crippen molar-refractivity contribution in [2.45, 2.75) is 10.9 Å². The van der Waals surface area contributed by atoms with Crippen molar-refractivity contribution < 1.29 is 17.9 Å². The molecule has 1 amide bonds. The molecule has 1 N–H and O–H groups in total. The smallest absolute Gasteiger partial charge is 0.264 e. The highest BCUT2D eigenvalue weighted by atomic mass is 32.2. The van der Waals surface area contributed by atoms with Crippen LogP contribution in [-0.4, -0.2) is 33.5 Å². The molecule has 0 radical (unpaired) electrons. The second kappa shape index (κ2) is 10.4. The summed E-state index contributed by atoms with van der Waals surface area (Å²) >= 11 is 0. The summed E-state index contributed by atoms with van der Waals surface area (Å²) in [5.74, 6) is 0.0996. The highest BCUT2D eigenvalue weighted by Crippen LogP contribution is 2.31. The molecule has 0 spiro atoms. The molecule has 0 saturated carbocycles. The third kappa shape index (κ3) is 5.17. The van der Waals surface area contributed by atoms with Crippen molar-refractivity contribution in [1.29, 1.82) is 0 Å². The van der Waals surface area contributed by atoms with E-state index in [1.54, 1.807) is 30.5 Å². The summed E-state index contributed by atoms with van der Waals surface area (Å²) in [6, 6.07) is 27.3. The molecule has 1 atom stereocenters. The molecular weight excluding hydrogens is 462 g/mol. The van der Waals surface area contributed by atoms with E-state index in [4.69, 9.17) is 4.74 Å². The Morgan fingerprint density at radius 3 is 2.20 bits per heavy atom. The minimum Gasteiger partial charge on any atom is -0.495 e. The van der Waals surface area contributed by atoms with Crippen molar-refractivity contribution in [2.75, 3.05) is 18.5 Å². The van der Waals surface area contributed by atoms with Crippen LogP contribution in [0.15, 0.2) is 108 Å². The first-order chi connectivity index (χ1) is 16.9. The van der Waals surface area contributed by atoms with Gasteiger partial charge in [0.2, 0.25) is 0 Å². The summed E-state index contributed by atoms with van der Waals surface area (Å²) in [6.45, 7) is 0. The van der Waals surface area contributed by atoms with Crippen LogP contribution in [0.25, 0.3) is 0 Å². The Morgan fingerprint density at radius 2 is 1.54 bits per heavy atom. The number of benzene rings is 3. The molecular formula is C27H25N3O4S. The van der Waals surface area contributed by atoms with E-state index in [0.29, 0.717) is 22.7 Å².